The standard InChI is InChI=1S/C16H22BrN3O2/c1-11-9-12(5-6-13(11)17)20-14(21)10-19-15(22)16(18)7-3-2-4-8-16/h5-6,9H,2-4,7-8,10,18H2,1H3,(H,19,22)(H,20,21). The molecule has 1 fully saturated rings. The van der Waals surface area contributed by atoms with Crippen LogP contribution in [0.5, 0.6) is 0 Å². The first-order valence-electron chi connectivity index (χ1n) is 7.54. The van der Waals surface area contributed by atoms with Crippen molar-refractivity contribution in [3.63, 3.8) is 0 Å². The van der Waals surface area contributed by atoms with Crippen LogP contribution in [0.4, 0.5) is 5.69 Å². The minimum absolute atomic E-state index is 0.0626. The van der Waals surface area contributed by atoms with Crippen molar-refractivity contribution in [3.8, 4) is 0 Å². The number of benzene rings is 1. The van der Waals surface area contributed by atoms with Gasteiger partial charge in [-0.1, -0.05) is 35.2 Å². The lowest BCUT2D eigenvalue weighted by molar-refractivity contribution is -0.129. The molecule has 22 heavy (non-hydrogen) atoms. The number of nitrogens with one attached hydrogen (secondary N) is 2. The van der Waals surface area contributed by atoms with Crippen LogP contribution in [-0.4, -0.2) is 23.9 Å². The molecule has 5 nitrogen and oxygen atoms in total. The first-order valence-corrected chi connectivity index (χ1v) is 8.33. The van der Waals surface area contributed by atoms with Crippen molar-refractivity contribution in [3.05, 3.63) is 28.2 Å². The van der Waals surface area contributed by atoms with E-state index in [1.807, 2.05) is 25.1 Å². The van der Waals surface area contributed by atoms with Gasteiger partial charge in [0.05, 0.1) is 12.1 Å². The Morgan fingerprint density at radius 2 is 1.95 bits per heavy atom. The molecule has 0 heterocycles. The Balaban J connectivity index is 1.84. The average molecular weight is 368 g/mol. The lowest BCUT2D eigenvalue weighted by Gasteiger charge is -2.31. The molecular weight excluding hydrogens is 346 g/mol. The number of nitrogens with two attached hydrogens (primary N) is 1. The van der Waals surface area contributed by atoms with Crippen molar-refractivity contribution in [1.82, 2.24) is 5.32 Å². The van der Waals surface area contributed by atoms with E-state index in [1.54, 1.807) is 0 Å². The van der Waals surface area contributed by atoms with Gasteiger partial charge in [0.25, 0.3) is 0 Å². The predicted octanol–water partition coefficient (Wildman–Crippen LogP) is 2.47. The van der Waals surface area contributed by atoms with E-state index >= 15 is 0 Å². The molecule has 1 aliphatic carbocycles. The maximum Gasteiger partial charge on any atom is 0.243 e. The largest absolute Gasteiger partial charge is 0.345 e. The summed E-state index contributed by atoms with van der Waals surface area (Å²) in [4.78, 5) is 24.1. The number of carbonyl (C=O) groups is 2. The van der Waals surface area contributed by atoms with Gasteiger partial charge < -0.3 is 16.4 Å². The minimum atomic E-state index is -0.813. The molecule has 0 unspecified atom stereocenters. The van der Waals surface area contributed by atoms with Gasteiger partial charge in [0.2, 0.25) is 11.8 Å². The molecule has 1 aromatic carbocycles. The van der Waals surface area contributed by atoms with E-state index in [-0.39, 0.29) is 18.4 Å². The number of rotatable bonds is 4. The zero-order valence-electron chi connectivity index (χ0n) is 12.7. The third-order valence-electron chi connectivity index (χ3n) is 4.05. The lowest BCUT2D eigenvalue weighted by atomic mass is 9.82. The van der Waals surface area contributed by atoms with Crippen LogP contribution in [0, 0.1) is 6.92 Å². The summed E-state index contributed by atoms with van der Waals surface area (Å²) in [6, 6.07) is 5.55. The van der Waals surface area contributed by atoms with Crippen LogP contribution in [0.1, 0.15) is 37.7 Å². The second-order valence-electron chi connectivity index (χ2n) is 5.91. The highest BCUT2D eigenvalue weighted by Gasteiger charge is 2.35. The predicted molar refractivity (Wildman–Crippen MR) is 90.5 cm³/mol. The summed E-state index contributed by atoms with van der Waals surface area (Å²) < 4.78 is 0.987. The highest BCUT2D eigenvalue weighted by atomic mass is 79.9. The fourth-order valence-corrected chi connectivity index (χ4v) is 2.92. The van der Waals surface area contributed by atoms with Gasteiger partial charge in [-0.15, -0.1) is 0 Å². The molecule has 0 aliphatic heterocycles. The summed E-state index contributed by atoms with van der Waals surface area (Å²) >= 11 is 3.41. The smallest absolute Gasteiger partial charge is 0.243 e. The minimum Gasteiger partial charge on any atom is -0.345 e. The summed E-state index contributed by atoms with van der Waals surface area (Å²) in [5.74, 6) is -0.483. The molecule has 1 aromatic rings. The molecule has 0 bridgehead atoms. The number of anilines is 1. The lowest BCUT2D eigenvalue weighted by Crippen LogP contribution is -2.56. The fourth-order valence-electron chi connectivity index (χ4n) is 2.67. The quantitative estimate of drug-likeness (QED) is 0.763. The second-order valence-corrected chi connectivity index (χ2v) is 6.77. The maximum atomic E-state index is 12.2. The molecule has 0 aromatic heterocycles. The topological polar surface area (TPSA) is 84.2 Å². The van der Waals surface area contributed by atoms with Crippen molar-refractivity contribution in [1.29, 1.82) is 0 Å². The summed E-state index contributed by atoms with van der Waals surface area (Å²) in [5, 5.41) is 5.42. The number of hydrogen-bond donors (Lipinski definition) is 3. The summed E-state index contributed by atoms with van der Waals surface area (Å²) in [6.07, 6.45) is 4.43. The first-order chi connectivity index (χ1) is 10.4. The van der Waals surface area contributed by atoms with Gasteiger partial charge >= 0.3 is 0 Å². The molecule has 1 saturated carbocycles. The van der Waals surface area contributed by atoms with E-state index in [4.69, 9.17) is 5.73 Å². The molecule has 6 heteroatoms. The zero-order chi connectivity index (χ0) is 16.2. The van der Waals surface area contributed by atoms with E-state index in [9.17, 15) is 9.59 Å². The number of aryl methyl sites for hydroxylation is 1. The maximum absolute atomic E-state index is 12.2. The van der Waals surface area contributed by atoms with Crippen LogP contribution in [-0.2, 0) is 9.59 Å². The van der Waals surface area contributed by atoms with Crippen LogP contribution in [0.25, 0.3) is 0 Å². The van der Waals surface area contributed by atoms with E-state index in [1.165, 1.54) is 0 Å². The summed E-state index contributed by atoms with van der Waals surface area (Å²) in [6.45, 7) is 1.88. The number of hydrogen-bond acceptors (Lipinski definition) is 3. The van der Waals surface area contributed by atoms with E-state index < -0.39 is 5.54 Å². The Hall–Kier alpha value is -1.40. The summed E-state index contributed by atoms with van der Waals surface area (Å²) in [5.41, 5.74) is 7.06. The third-order valence-corrected chi connectivity index (χ3v) is 4.94. The van der Waals surface area contributed by atoms with Crippen LogP contribution >= 0.6 is 15.9 Å². The molecule has 0 saturated heterocycles. The fraction of sp³-hybridized carbons (Fsp3) is 0.500. The van der Waals surface area contributed by atoms with Crippen LogP contribution < -0.4 is 16.4 Å². The molecule has 2 amide bonds. The molecule has 0 atom stereocenters. The van der Waals surface area contributed by atoms with Gasteiger partial charge in [-0.2, -0.15) is 0 Å². The monoisotopic (exact) mass is 367 g/mol. The van der Waals surface area contributed by atoms with Gasteiger partial charge in [0.15, 0.2) is 0 Å². The van der Waals surface area contributed by atoms with Crippen molar-refractivity contribution < 1.29 is 9.59 Å². The Labute approximate surface area is 139 Å². The SMILES string of the molecule is Cc1cc(NC(=O)CNC(=O)C2(N)CCCCC2)ccc1Br. The van der Waals surface area contributed by atoms with Crippen molar-refractivity contribution >= 4 is 33.4 Å². The molecule has 0 spiro atoms. The average Bonchev–Trinajstić information content (AvgIpc) is 2.49. The molecule has 0 radical (unpaired) electrons. The Morgan fingerprint density at radius 3 is 2.59 bits per heavy atom. The zero-order valence-corrected chi connectivity index (χ0v) is 14.3. The van der Waals surface area contributed by atoms with E-state index in [0.717, 1.165) is 29.3 Å². The summed E-state index contributed by atoms with van der Waals surface area (Å²) in [7, 11) is 0. The van der Waals surface area contributed by atoms with Gasteiger partial charge in [-0.05, 0) is 43.5 Å². The molecule has 120 valence electrons. The van der Waals surface area contributed by atoms with Crippen molar-refractivity contribution in [2.24, 2.45) is 5.73 Å². The van der Waals surface area contributed by atoms with Crippen molar-refractivity contribution in [2.45, 2.75) is 44.6 Å². The van der Waals surface area contributed by atoms with Crippen molar-refractivity contribution in [2.75, 3.05) is 11.9 Å². The molecular formula is C16H22BrN3O2. The van der Waals surface area contributed by atoms with Crippen LogP contribution in [0.2, 0.25) is 0 Å². The second kappa shape index (κ2) is 7.24. The van der Waals surface area contributed by atoms with Gasteiger partial charge in [0, 0.05) is 10.2 Å². The van der Waals surface area contributed by atoms with Gasteiger partial charge in [-0.3, -0.25) is 9.59 Å². The van der Waals surface area contributed by atoms with Gasteiger partial charge in [-0.25, -0.2) is 0 Å². The number of carbonyl (C=O) groups excluding carboxylic acids is 2. The van der Waals surface area contributed by atoms with Crippen LogP contribution in [0.3, 0.4) is 0 Å². The molecule has 4 N–H and O–H groups in total. The molecule has 2 rings (SSSR count). The first kappa shape index (κ1) is 17.0. The Kier molecular flexibility index (Phi) is 5.58. The number of halogens is 1. The third kappa shape index (κ3) is 4.30. The highest BCUT2D eigenvalue weighted by Crippen LogP contribution is 2.25. The Morgan fingerprint density at radius 1 is 1.27 bits per heavy atom. The highest BCUT2D eigenvalue weighted by molar-refractivity contribution is 9.10. The normalized spacial score (nSPS) is 16.9. The van der Waals surface area contributed by atoms with Crippen LogP contribution in [0.15, 0.2) is 22.7 Å². The van der Waals surface area contributed by atoms with E-state index in [0.29, 0.717) is 18.5 Å². The van der Waals surface area contributed by atoms with E-state index in [2.05, 4.69) is 26.6 Å². The van der Waals surface area contributed by atoms with Gasteiger partial charge in [0.1, 0.15) is 0 Å². The number of amides is 2. The molecule has 1 aliphatic rings. The Bertz CT molecular complexity index is 569.